The van der Waals surface area contributed by atoms with Gasteiger partial charge >= 0.3 is 0 Å². The van der Waals surface area contributed by atoms with E-state index in [4.69, 9.17) is 4.42 Å². The molecule has 0 aliphatic rings. The molecule has 0 radical (unpaired) electrons. The summed E-state index contributed by atoms with van der Waals surface area (Å²) >= 11 is 0. The Labute approximate surface area is 144 Å². The topological polar surface area (TPSA) is 90.0 Å². The quantitative estimate of drug-likeness (QED) is 0.711. The summed E-state index contributed by atoms with van der Waals surface area (Å²) in [5.74, 6) is 0.530. The molecule has 3 heterocycles. The van der Waals surface area contributed by atoms with E-state index in [9.17, 15) is 9.59 Å². The third kappa shape index (κ3) is 4.63. The fraction of sp³-hybridized carbons (Fsp3) is 0.222. The second-order valence-corrected chi connectivity index (χ2v) is 5.50. The fourth-order valence-electron chi connectivity index (χ4n) is 2.35. The van der Waals surface area contributed by atoms with Crippen molar-refractivity contribution in [3.8, 4) is 11.5 Å². The van der Waals surface area contributed by atoms with Crippen LogP contribution in [-0.2, 0) is 17.9 Å². The van der Waals surface area contributed by atoms with Gasteiger partial charge in [-0.2, -0.15) is 5.10 Å². The van der Waals surface area contributed by atoms with Crippen LogP contribution in [0.4, 0.5) is 0 Å². The molecule has 0 aliphatic carbocycles. The SMILES string of the molecule is O=C(CCCn1nc(-c2ccco2)ccc1=O)NCc1cccnc1. The van der Waals surface area contributed by atoms with Crippen molar-refractivity contribution in [2.75, 3.05) is 0 Å². The maximum absolute atomic E-state index is 11.9. The van der Waals surface area contributed by atoms with Crippen LogP contribution in [0.5, 0.6) is 0 Å². The molecular formula is C18H18N4O3. The molecule has 0 spiro atoms. The van der Waals surface area contributed by atoms with Gasteiger partial charge in [-0.1, -0.05) is 6.07 Å². The van der Waals surface area contributed by atoms with E-state index in [0.717, 1.165) is 5.56 Å². The van der Waals surface area contributed by atoms with Crippen molar-refractivity contribution in [3.63, 3.8) is 0 Å². The molecule has 0 aromatic carbocycles. The molecule has 0 saturated heterocycles. The van der Waals surface area contributed by atoms with Crippen LogP contribution in [0.3, 0.4) is 0 Å². The Balaban J connectivity index is 1.51. The molecule has 3 aromatic heterocycles. The first-order chi connectivity index (χ1) is 12.2. The molecule has 0 fully saturated rings. The van der Waals surface area contributed by atoms with Crippen LogP contribution < -0.4 is 10.9 Å². The zero-order chi connectivity index (χ0) is 17.5. The molecule has 3 aromatic rings. The molecule has 0 saturated carbocycles. The average molecular weight is 338 g/mol. The fourth-order valence-corrected chi connectivity index (χ4v) is 2.35. The van der Waals surface area contributed by atoms with Crippen LogP contribution in [0, 0.1) is 0 Å². The molecule has 25 heavy (non-hydrogen) atoms. The predicted molar refractivity (Wildman–Crippen MR) is 91.5 cm³/mol. The molecule has 7 heteroatoms. The van der Waals surface area contributed by atoms with Crippen molar-refractivity contribution in [3.05, 3.63) is 71.0 Å². The lowest BCUT2D eigenvalue weighted by Gasteiger charge is -2.07. The highest BCUT2D eigenvalue weighted by Crippen LogP contribution is 2.15. The summed E-state index contributed by atoms with van der Waals surface area (Å²) in [4.78, 5) is 27.8. The van der Waals surface area contributed by atoms with E-state index in [1.165, 1.54) is 10.7 Å². The van der Waals surface area contributed by atoms with Crippen LogP contribution in [0.2, 0.25) is 0 Å². The first kappa shape index (κ1) is 16.6. The van der Waals surface area contributed by atoms with Gasteiger partial charge in [0.05, 0.1) is 6.26 Å². The minimum absolute atomic E-state index is 0.0703. The van der Waals surface area contributed by atoms with Gasteiger partial charge in [-0.15, -0.1) is 0 Å². The van der Waals surface area contributed by atoms with E-state index in [1.807, 2.05) is 12.1 Å². The van der Waals surface area contributed by atoms with Crippen LogP contribution in [0.1, 0.15) is 18.4 Å². The van der Waals surface area contributed by atoms with E-state index in [0.29, 0.717) is 37.4 Å². The summed E-state index contributed by atoms with van der Waals surface area (Å²) in [6.07, 6.45) is 5.79. The maximum Gasteiger partial charge on any atom is 0.266 e. The zero-order valence-electron chi connectivity index (χ0n) is 13.6. The van der Waals surface area contributed by atoms with Gasteiger partial charge in [-0.25, -0.2) is 4.68 Å². The first-order valence-corrected chi connectivity index (χ1v) is 8.00. The standard InChI is InChI=1S/C18H18N4O3/c23-17(20-13-14-4-1-9-19-12-14)6-2-10-22-18(24)8-7-15(21-22)16-5-3-11-25-16/h1,3-5,7-9,11-12H,2,6,10,13H2,(H,20,23). The van der Waals surface area contributed by atoms with Gasteiger partial charge in [0, 0.05) is 38.0 Å². The average Bonchev–Trinajstić information content (AvgIpc) is 3.17. The molecule has 0 atom stereocenters. The van der Waals surface area contributed by atoms with E-state index in [2.05, 4.69) is 15.4 Å². The second-order valence-electron chi connectivity index (χ2n) is 5.50. The smallest absolute Gasteiger partial charge is 0.266 e. The summed E-state index contributed by atoms with van der Waals surface area (Å²) in [5, 5.41) is 7.11. The number of pyridine rings is 1. The normalized spacial score (nSPS) is 10.6. The van der Waals surface area contributed by atoms with Gasteiger partial charge in [-0.3, -0.25) is 14.6 Å². The number of rotatable bonds is 7. The number of furan rings is 1. The largest absolute Gasteiger partial charge is 0.463 e. The zero-order valence-corrected chi connectivity index (χ0v) is 13.6. The Hall–Kier alpha value is -3.22. The molecular weight excluding hydrogens is 320 g/mol. The van der Waals surface area contributed by atoms with Crippen molar-refractivity contribution in [2.24, 2.45) is 0 Å². The van der Waals surface area contributed by atoms with Crippen molar-refractivity contribution >= 4 is 5.91 Å². The minimum atomic E-state index is -0.203. The number of aromatic nitrogens is 3. The molecule has 7 nitrogen and oxygen atoms in total. The molecule has 0 aliphatic heterocycles. The van der Waals surface area contributed by atoms with Gasteiger partial charge < -0.3 is 9.73 Å². The summed E-state index contributed by atoms with van der Waals surface area (Å²) < 4.78 is 6.64. The highest BCUT2D eigenvalue weighted by Gasteiger charge is 2.07. The summed E-state index contributed by atoms with van der Waals surface area (Å²) in [7, 11) is 0. The van der Waals surface area contributed by atoms with E-state index in [-0.39, 0.29) is 11.5 Å². The predicted octanol–water partition coefficient (Wildman–Crippen LogP) is 1.99. The van der Waals surface area contributed by atoms with Gasteiger partial charge in [-0.05, 0) is 36.2 Å². The van der Waals surface area contributed by atoms with Crippen molar-refractivity contribution in [1.29, 1.82) is 0 Å². The van der Waals surface area contributed by atoms with Gasteiger partial charge in [0.2, 0.25) is 5.91 Å². The Morgan fingerprint density at radius 1 is 1.20 bits per heavy atom. The Morgan fingerprint density at radius 3 is 2.88 bits per heavy atom. The van der Waals surface area contributed by atoms with Crippen molar-refractivity contribution < 1.29 is 9.21 Å². The summed E-state index contributed by atoms with van der Waals surface area (Å²) in [5.41, 5.74) is 1.33. The number of hydrogen-bond acceptors (Lipinski definition) is 5. The number of hydrogen-bond donors (Lipinski definition) is 1. The molecule has 1 amide bonds. The number of carbonyl (C=O) groups excluding carboxylic acids is 1. The van der Waals surface area contributed by atoms with Crippen molar-refractivity contribution in [1.82, 2.24) is 20.1 Å². The minimum Gasteiger partial charge on any atom is -0.463 e. The maximum atomic E-state index is 11.9. The van der Waals surface area contributed by atoms with Gasteiger partial charge in [0.25, 0.3) is 5.56 Å². The number of amides is 1. The van der Waals surface area contributed by atoms with Crippen LogP contribution >= 0.6 is 0 Å². The molecule has 1 N–H and O–H groups in total. The lowest BCUT2D eigenvalue weighted by Crippen LogP contribution is -2.25. The van der Waals surface area contributed by atoms with Crippen LogP contribution in [0.15, 0.2) is 64.3 Å². The van der Waals surface area contributed by atoms with Crippen LogP contribution in [0.25, 0.3) is 11.5 Å². The van der Waals surface area contributed by atoms with E-state index >= 15 is 0 Å². The molecule has 3 rings (SSSR count). The lowest BCUT2D eigenvalue weighted by molar-refractivity contribution is -0.121. The molecule has 128 valence electrons. The van der Waals surface area contributed by atoms with Gasteiger partial charge in [0.15, 0.2) is 5.76 Å². The molecule has 0 unspecified atom stereocenters. The van der Waals surface area contributed by atoms with Crippen molar-refractivity contribution in [2.45, 2.75) is 25.9 Å². The Kier molecular flexibility index (Phi) is 5.36. The monoisotopic (exact) mass is 338 g/mol. The third-order valence-corrected chi connectivity index (χ3v) is 3.63. The highest BCUT2D eigenvalue weighted by molar-refractivity contribution is 5.75. The lowest BCUT2D eigenvalue weighted by atomic mass is 10.2. The summed E-state index contributed by atoms with van der Waals surface area (Å²) in [6, 6.07) is 10.3. The Bertz CT molecular complexity index is 873. The number of nitrogens with one attached hydrogen (secondary N) is 1. The van der Waals surface area contributed by atoms with Gasteiger partial charge in [0.1, 0.15) is 5.69 Å². The number of nitrogens with zero attached hydrogens (tertiary/aromatic N) is 3. The summed E-state index contributed by atoms with van der Waals surface area (Å²) in [6.45, 7) is 0.812. The number of aryl methyl sites for hydroxylation is 1. The second kappa shape index (κ2) is 8.05. The first-order valence-electron chi connectivity index (χ1n) is 8.00. The Morgan fingerprint density at radius 2 is 2.12 bits per heavy atom. The molecule has 0 bridgehead atoms. The van der Waals surface area contributed by atoms with E-state index in [1.54, 1.807) is 36.9 Å². The third-order valence-electron chi connectivity index (χ3n) is 3.63. The van der Waals surface area contributed by atoms with E-state index < -0.39 is 0 Å². The van der Waals surface area contributed by atoms with Crippen LogP contribution in [-0.4, -0.2) is 20.7 Å². The number of carbonyl (C=O) groups is 1. The highest BCUT2D eigenvalue weighted by atomic mass is 16.3.